The van der Waals surface area contributed by atoms with Crippen LogP contribution in [0.5, 0.6) is 0 Å². The van der Waals surface area contributed by atoms with Crippen LogP contribution >= 0.6 is 0 Å². The summed E-state index contributed by atoms with van der Waals surface area (Å²) in [5.41, 5.74) is 15.6. The van der Waals surface area contributed by atoms with Crippen LogP contribution in [0.2, 0.25) is 0 Å². The fourth-order valence-corrected chi connectivity index (χ4v) is 9.00. The van der Waals surface area contributed by atoms with E-state index in [0.29, 0.717) is 0 Å². The maximum atomic E-state index is 6.33. The van der Waals surface area contributed by atoms with Gasteiger partial charge in [-0.25, -0.2) is 0 Å². The van der Waals surface area contributed by atoms with Crippen molar-refractivity contribution in [2.75, 3.05) is 0 Å². The number of hydrogen-bond donors (Lipinski definition) is 0. The lowest BCUT2D eigenvalue weighted by Crippen LogP contribution is -2.15. The molecule has 0 amide bonds. The smallest absolute Gasteiger partial charge is 0.135 e. The Bertz CT molecular complexity index is 3040. The molecule has 2 heterocycles. The van der Waals surface area contributed by atoms with Gasteiger partial charge in [-0.1, -0.05) is 135 Å². The summed E-state index contributed by atoms with van der Waals surface area (Å²) in [5, 5.41) is 7.49. The second-order valence-electron chi connectivity index (χ2n) is 14.5. The summed E-state index contributed by atoms with van der Waals surface area (Å²) in [6.45, 7) is 4.73. The molecule has 2 nitrogen and oxygen atoms in total. The number of fused-ring (bicyclic) bond motifs is 11. The van der Waals surface area contributed by atoms with E-state index in [1.807, 2.05) is 0 Å². The lowest BCUT2D eigenvalue weighted by molar-refractivity contribution is 0.656. The second kappa shape index (κ2) is 10.3. The molecule has 0 spiro atoms. The van der Waals surface area contributed by atoms with Gasteiger partial charge in [0.15, 0.2) is 0 Å². The monoisotopic (exact) mass is 651 g/mol. The van der Waals surface area contributed by atoms with Crippen LogP contribution in [-0.2, 0) is 5.41 Å². The van der Waals surface area contributed by atoms with E-state index < -0.39 is 0 Å². The maximum Gasteiger partial charge on any atom is 0.135 e. The number of nitrogens with zero attached hydrogens (tertiary/aromatic N) is 1. The first-order valence-electron chi connectivity index (χ1n) is 17.8. The molecule has 10 aromatic rings. The van der Waals surface area contributed by atoms with Crippen molar-refractivity contribution in [3.8, 4) is 39.1 Å². The van der Waals surface area contributed by atoms with Crippen LogP contribution in [0.25, 0.3) is 93.6 Å². The molecule has 0 bridgehead atoms. The van der Waals surface area contributed by atoms with Gasteiger partial charge in [0, 0.05) is 32.6 Å². The molecule has 1 aliphatic carbocycles. The van der Waals surface area contributed by atoms with Gasteiger partial charge in [-0.05, 0) is 97.7 Å². The van der Waals surface area contributed by atoms with Crippen molar-refractivity contribution in [2.24, 2.45) is 0 Å². The van der Waals surface area contributed by atoms with E-state index >= 15 is 0 Å². The lowest BCUT2D eigenvalue weighted by atomic mass is 9.80. The molecule has 0 fully saturated rings. The molecule has 2 heteroatoms. The first kappa shape index (κ1) is 28.5. The van der Waals surface area contributed by atoms with E-state index in [-0.39, 0.29) is 5.41 Å². The van der Waals surface area contributed by atoms with Crippen LogP contribution in [-0.4, -0.2) is 4.57 Å². The zero-order chi connectivity index (χ0) is 33.8. The molecule has 0 aliphatic heterocycles. The summed E-state index contributed by atoms with van der Waals surface area (Å²) in [4.78, 5) is 0. The molecule has 0 saturated heterocycles. The normalized spacial score (nSPS) is 13.5. The summed E-state index contributed by atoms with van der Waals surface area (Å²) < 4.78 is 8.77. The molecule has 8 aromatic carbocycles. The molecule has 2 aromatic heterocycles. The van der Waals surface area contributed by atoms with E-state index in [1.54, 1.807) is 0 Å². The molecular formula is C49H33NO. The molecule has 0 unspecified atom stereocenters. The average Bonchev–Trinajstić information content (AvgIpc) is 3.79. The third-order valence-corrected chi connectivity index (χ3v) is 11.4. The van der Waals surface area contributed by atoms with Gasteiger partial charge in [0.05, 0.1) is 11.0 Å². The predicted molar refractivity (Wildman–Crippen MR) is 214 cm³/mol. The Hall–Kier alpha value is -6.38. The van der Waals surface area contributed by atoms with Gasteiger partial charge < -0.3 is 8.98 Å². The summed E-state index contributed by atoms with van der Waals surface area (Å²) >= 11 is 0. The van der Waals surface area contributed by atoms with E-state index in [0.717, 1.165) is 11.2 Å². The van der Waals surface area contributed by atoms with Crippen LogP contribution in [0.1, 0.15) is 25.0 Å². The Labute approximate surface area is 295 Å². The Morgan fingerprint density at radius 2 is 1.14 bits per heavy atom. The zero-order valence-electron chi connectivity index (χ0n) is 28.4. The topological polar surface area (TPSA) is 18.1 Å². The highest BCUT2D eigenvalue weighted by atomic mass is 16.3. The van der Waals surface area contributed by atoms with Crippen LogP contribution in [0.4, 0.5) is 0 Å². The number of para-hydroxylation sites is 2. The highest BCUT2D eigenvalue weighted by Crippen LogP contribution is 2.53. The summed E-state index contributed by atoms with van der Waals surface area (Å²) in [7, 11) is 0. The van der Waals surface area contributed by atoms with Gasteiger partial charge in [0.1, 0.15) is 11.2 Å². The summed E-state index contributed by atoms with van der Waals surface area (Å²) in [6.07, 6.45) is 0. The number of benzene rings is 8. The predicted octanol–water partition coefficient (Wildman–Crippen LogP) is 13.5. The molecule has 11 rings (SSSR count). The van der Waals surface area contributed by atoms with Gasteiger partial charge in [-0.2, -0.15) is 0 Å². The third-order valence-electron chi connectivity index (χ3n) is 11.4. The zero-order valence-corrected chi connectivity index (χ0v) is 28.4. The maximum absolute atomic E-state index is 6.33. The molecule has 0 N–H and O–H groups in total. The first-order chi connectivity index (χ1) is 25.0. The van der Waals surface area contributed by atoms with Gasteiger partial charge in [-0.3, -0.25) is 0 Å². The number of aromatic nitrogens is 1. The SMILES string of the molecule is CC1(C)c2cc(-n3c4ccccc4c4cc(-c5ccc(-c6cccc7ccccc67)cc5)ccc43)ccc2-c2ccc3oc4ccccc4c3c21. The molecule has 1 aliphatic rings. The standard InChI is InChI=1S/C49H33NO/c1-49(2)42-29-34(23-24-37(42)39-25-27-46-47(48(39)49)40-14-6-8-17-45(40)51-46)50-43-16-7-5-13-38(43)41-28-33(22-26-44(41)50)30-18-20-32(21-19-30)36-15-9-11-31-10-3-4-12-35(31)36/h3-29H,1-2H3. The molecule has 0 radical (unpaired) electrons. The molecule has 0 saturated carbocycles. The van der Waals surface area contributed by atoms with Crippen molar-refractivity contribution in [3.05, 3.63) is 175 Å². The number of hydrogen-bond acceptors (Lipinski definition) is 1. The summed E-state index contributed by atoms with van der Waals surface area (Å²) in [5.74, 6) is 0. The minimum atomic E-state index is -0.197. The second-order valence-corrected chi connectivity index (χ2v) is 14.5. The third kappa shape index (κ3) is 3.99. The van der Waals surface area contributed by atoms with Crippen molar-refractivity contribution < 1.29 is 4.42 Å². The average molecular weight is 652 g/mol. The van der Waals surface area contributed by atoms with Crippen LogP contribution in [0.3, 0.4) is 0 Å². The van der Waals surface area contributed by atoms with Gasteiger partial charge >= 0.3 is 0 Å². The Morgan fingerprint density at radius 3 is 2.02 bits per heavy atom. The molecule has 240 valence electrons. The highest BCUT2D eigenvalue weighted by Gasteiger charge is 2.38. The van der Waals surface area contributed by atoms with Gasteiger partial charge in [0.2, 0.25) is 0 Å². The molecule has 51 heavy (non-hydrogen) atoms. The minimum absolute atomic E-state index is 0.197. The van der Waals surface area contributed by atoms with Crippen molar-refractivity contribution in [2.45, 2.75) is 19.3 Å². The lowest BCUT2D eigenvalue weighted by Gasteiger charge is -2.23. The number of rotatable bonds is 3. The summed E-state index contributed by atoms with van der Waals surface area (Å²) in [6, 6.07) is 59.9. The van der Waals surface area contributed by atoms with Crippen molar-refractivity contribution in [1.82, 2.24) is 4.57 Å². The van der Waals surface area contributed by atoms with Crippen molar-refractivity contribution in [1.29, 1.82) is 0 Å². The largest absolute Gasteiger partial charge is 0.456 e. The Morgan fingerprint density at radius 1 is 0.451 bits per heavy atom. The quantitative estimate of drug-likeness (QED) is 0.186. The molecule has 0 atom stereocenters. The Kier molecular flexibility index (Phi) is 5.76. The van der Waals surface area contributed by atoms with E-state index in [4.69, 9.17) is 4.42 Å². The fourth-order valence-electron chi connectivity index (χ4n) is 9.00. The van der Waals surface area contributed by atoms with E-state index in [9.17, 15) is 0 Å². The van der Waals surface area contributed by atoms with Crippen LogP contribution in [0.15, 0.2) is 168 Å². The Balaban J connectivity index is 1.03. The minimum Gasteiger partial charge on any atom is -0.456 e. The van der Waals surface area contributed by atoms with Crippen molar-refractivity contribution >= 4 is 54.5 Å². The first-order valence-corrected chi connectivity index (χ1v) is 17.8. The highest BCUT2D eigenvalue weighted by molar-refractivity contribution is 6.12. The van der Waals surface area contributed by atoms with E-state index in [1.165, 1.54) is 93.5 Å². The van der Waals surface area contributed by atoms with Gasteiger partial charge in [0.25, 0.3) is 0 Å². The number of furan rings is 1. The van der Waals surface area contributed by atoms with E-state index in [2.05, 4.69) is 182 Å². The van der Waals surface area contributed by atoms with Gasteiger partial charge in [-0.15, -0.1) is 0 Å². The molecular weight excluding hydrogens is 619 g/mol. The van der Waals surface area contributed by atoms with Crippen LogP contribution in [0, 0.1) is 0 Å². The van der Waals surface area contributed by atoms with Crippen LogP contribution < -0.4 is 0 Å². The van der Waals surface area contributed by atoms with Crippen molar-refractivity contribution in [3.63, 3.8) is 0 Å². The fraction of sp³-hybridized carbons (Fsp3) is 0.0612.